The maximum absolute atomic E-state index is 9.90. The van der Waals surface area contributed by atoms with Crippen molar-refractivity contribution in [3.05, 3.63) is 35.9 Å². The van der Waals surface area contributed by atoms with Gasteiger partial charge >= 0.3 is 0 Å². The molecule has 114 valence electrons. The Morgan fingerprint density at radius 3 is 2.86 bits per heavy atom. The molecule has 1 aromatic heterocycles. The summed E-state index contributed by atoms with van der Waals surface area (Å²) in [6.07, 6.45) is -0.532. The molecule has 0 radical (unpaired) electrons. The lowest BCUT2D eigenvalue weighted by atomic mass is 10.1. The summed E-state index contributed by atoms with van der Waals surface area (Å²) in [5.74, 6) is 0.887. The van der Waals surface area contributed by atoms with Crippen molar-refractivity contribution in [2.45, 2.75) is 12.6 Å². The van der Waals surface area contributed by atoms with Crippen molar-refractivity contribution in [2.24, 2.45) is 0 Å². The van der Waals surface area contributed by atoms with Crippen LogP contribution in [0.5, 0.6) is 0 Å². The molecule has 1 aromatic carbocycles. The van der Waals surface area contributed by atoms with Gasteiger partial charge in [-0.25, -0.2) is 4.98 Å². The highest BCUT2D eigenvalue weighted by Gasteiger charge is 2.14. The zero-order valence-electron chi connectivity index (χ0n) is 12.8. The maximum atomic E-state index is 9.90. The lowest BCUT2D eigenvalue weighted by Gasteiger charge is -2.24. The van der Waals surface area contributed by atoms with Crippen LogP contribution in [0.25, 0.3) is 10.9 Å². The molecule has 0 fully saturated rings. The van der Waals surface area contributed by atoms with Crippen LogP contribution in [0, 0.1) is 0 Å². The van der Waals surface area contributed by atoms with E-state index in [1.165, 1.54) is 0 Å². The molecule has 1 unspecified atom stereocenters. The minimum absolute atomic E-state index is 0.319. The molecule has 1 heterocycles. The van der Waals surface area contributed by atoms with Crippen LogP contribution in [-0.4, -0.2) is 50.6 Å². The second-order valence-electron chi connectivity index (χ2n) is 5.18. The maximum Gasteiger partial charge on any atom is 0.133 e. The number of likely N-dealkylation sites (N-methyl/N-ethyl adjacent to an activating group) is 1. The van der Waals surface area contributed by atoms with Crippen LogP contribution in [-0.2, 0) is 11.3 Å². The molecule has 2 rings (SSSR count). The highest BCUT2D eigenvalue weighted by molar-refractivity contribution is 5.81. The number of aliphatic hydroxyl groups is 1. The average Bonchev–Trinajstić information content (AvgIpc) is 2.47. The predicted molar refractivity (Wildman–Crippen MR) is 85.7 cm³/mol. The first-order chi connectivity index (χ1) is 10.2. The summed E-state index contributed by atoms with van der Waals surface area (Å²) in [6, 6.07) is 10.2. The van der Waals surface area contributed by atoms with Gasteiger partial charge in [0.1, 0.15) is 5.82 Å². The zero-order chi connectivity index (χ0) is 15.2. The van der Waals surface area contributed by atoms with Gasteiger partial charge in [-0.1, -0.05) is 18.2 Å². The highest BCUT2D eigenvalue weighted by Crippen LogP contribution is 2.23. The lowest BCUT2D eigenvalue weighted by Crippen LogP contribution is -2.33. The largest absolute Gasteiger partial charge is 0.389 e. The predicted octanol–water partition coefficient (Wildman–Crippen LogP) is 1.40. The minimum Gasteiger partial charge on any atom is -0.389 e. The van der Waals surface area contributed by atoms with Gasteiger partial charge in [0.25, 0.3) is 0 Å². The number of para-hydroxylation sites is 1. The molecule has 2 N–H and O–H groups in total. The number of nitrogens with zero attached hydrogens (tertiary/aromatic N) is 2. The third-order valence-electron chi connectivity index (χ3n) is 3.35. The first-order valence-electron chi connectivity index (χ1n) is 7.07. The van der Waals surface area contributed by atoms with Gasteiger partial charge in [-0.05, 0) is 19.2 Å². The summed E-state index contributed by atoms with van der Waals surface area (Å²) in [7, 11) is 5.44. The number of benzene rings is 1. The number of hydrogen-bond donors (Lipinski definition) is 2. The first-order valence-corrected chi connectivity index (χ1v) is 7.07. The summed E-state index contributed by atoms with van der Waals surface area (Å²) in [5, 5.41) is 14.2. The van der Waals surface area contributed by atoms with E-state index in [0.29, 0.717) is 13.2 Å². The normalized spacial score (nSPS) is 12.6. The Hall–Kier alpha value is -1.69. The molecule has 0 bridgehead atoms. The van der Waals surface area contributed by atoms with Gasteiger partial charge < -0.3 is 20.1 Å². The van der Waals surface area contributed by atoms with Crippen LogP contribution < -0.4 is 10.2 Å². The number of nitrogens with one attached hydrogen (secondary N) is 1. The van der Waals surface area contributed by atoms with Crippen molar-refractivity contribution in [2.75, 3.05) is 39.3 Å². The number of hydrogen-bond acceptors (Lipinski definition) is 5. The van der Waals surface area contributed by atoms with Crippen LogP contribution in [0.1, 0.15) is 5.56 Å². The number of aromatic nitrogens is 1. The molecule has 5 heteroatoms. The van der Waals surface area contributed by atoms with Gasteiger partial charge in [0, 0.05) is 38.2 Å². The van der Waals surface area contributed by atoms with E-state index in [2.05, 4.69) is 17.4 Å². The van der Waals surface area contributed by atoms with Crippen molar-refractivity contribution < 1.29 is 9.84 Å². The Labute approximate surface area is 125 Å². The molecule has 0 saturated heterocycles. The molecule has 1 atom stereocenters. The summed E-state index contributed by atoms with van der Waals surface area (Å²) in [6.45, 7) is 1.53. The fourth-order valence-corrected chi connectivity index (χ4v) is 2.45. The van der Waals surface area contributed by atoms with Crippen molar-refractivity contribution in [1.82, 2.24) is 10.3 Å². The molecule has 0 aliphatic rings. The van der Waals surface area contributed by atoms with Gasteiger partial charge in [-0.2, -0.15) is 0 Å². The van der Waals surface area contributed by atoms with Crippen LogP contribution in [0.2, 0.25) is 0 Å². The van der Waals surface area contributed by atoms with E-state index in [1.54, 1.807) is 7.11 Å². The second kappa shape index (κ2) is 7.36. The van der Waals surface area contributed by atoms with Gasteiger partial charge in [-0.15, -0.1) is 0 Å². The molecule has 0 aliphatic heterocycles. The third-order valence-corrected chi connectivity index (χ3v) is 3.35. The second-order valence-corrected chi connectivity index (χ2v) is 5.18. The van der Waals surface area contributed by atoms with Crippen LogP contribution in [0.15, 0.2) is 30.3 Å². The smallest absolute Gasteiger partial charge is 0.133 e. The Bertz CT molecular complexity index is 589. The van der Waals surface area contributed by atoms with Gasteiger partial charge in [0.15, 0.2) is 0 Å². The fraction of sp³-hybridized carbons (Fsp3) is 0.438. The number of methoxy groups -OCH3 is 1. The zero-order valence-corrected chi connectivity index (χ0v) is 12.8. The summed E-state index contributed by atoms with van der Waals surface area (Å²) < 4.78 is 4.98. The van der Waals surface area contributed by atoms with E-state index in [1.807, 2.05) is 37.2 Å². The third kappa shape index (κ3) is 3.91. The number of pyridine rings is 1. The summed E-state index contributed by atoms with van der Waals surface area (Å²) in [4.78, 5) is 6.72. The van der Waals surface area contributed by atoms with Crippen molar-refractivity contribution in [1.29, 1.82) is 0 Å². The van der Waals surface area contributed by atoms with E-state index < -0.39 is 6.10 Å². The number of anilines is 1. The molecule has 0 aliphatic carbocycles. The summed E-state index contributed by atoms with van der Waals surface area (Å²) in [5.41, 5.74) is 2.07. The molecular weight excluding hydrogens is 266 g/mol. The van der Waals surface area contributed by atoms with Crippen molar-refractivity contribution in [3.63, 3.8) is 0 Å². The number of ether oxygens (including phenoxy) is 1. The van der Waals surface area contributed by atoms with E-state index in [-0.39, 0.29) is 0 Å². The SMILES string of the molecule is CNCc1cc2ccccc2nc1N(C)CC(O)COC. The number of fused-ring (bicyclic) bond motifs is 1. The molecule has 2 aromatic rings. The molecule has 0 spiro atoms. The van der Waals surface area contributed by atoms with Gasteiger partial charge in [-0.3, -0.25) is 0 Å². The molecule has 0 amide bonds. The number of aliphatic hydroxyl groups excluding tert-OH is 1. The Morgan fingerprint density at radius 2 is 2.14 bits per heavy atom. The first kappa shape index (κ1) is 15.7. The number of rotatable bonds is 7. The lowest BCUT2D eigenvalue weighted by molar-refractivity contribution is 0.0694. The van der Waals surface area contributed by atoms with Crippen LogP contribution >= 0.6 is 0 Å². The quantitative estimate of drug-likeness (QED) is 0.807. The average molecular weight is 289 g/mol. The Morgan fingerprint density at radius 1 is 1.38 bits per heavy atom. The summed E-state index contributed by atoms with van der Waals surface area (Å²) >= 11 is 0. The standard InChI is InChI=1S/C16H23N3O2/c1-17-9-13-8-12-6-4-5-7-15(12)18-16(13)19(2)10-14(20)11-21-3/h4-8,14,17,20H,9-11H2,1-3H3. The Balaban J connectivity index is 2.33. The Kier molecular flexibility index (Phi) is 5.50. The monoisotopic (exact) mass is 289 g/mol. The van der Waals surface area contributed by atoms with Gasteiger partial charge in [0.05, 0.1) is 18.2 Å². The van der Waals surface area contributed by atoms with Crippen LogP contribution in [0.3, 0.4) is 0 Å². The van der Waals surface area contributed by atoms with Crippen molar-refractivity contribution >= 4 is 16.7 Å². The molecule has 5 nitrogen and oxygen atoms in total. The van der Waals surface area contributed by atoms with Crippen LogP contribution in [0.4, 0.5) is 5.82 Å². The van der Waals surface area contributed by atoms with E-state index in [4.69, 9.17) is 9.72 Å². The van der Waals surface area contributed by atoms with Gasteiger partial charge in [0.2, 0.25) is 0 Å². The van der Waals surface area contributed by atoms with E-state index >= 15 is 0 Å². The highest BCUT2D eigenvalue weighted by atomic mass is 16.5. The van der Waals surface area contributed by atoms with Crippen molar-refractivity contribution in [3.8, 4) is 0 Å². The molecular formula is C16H23N3O2. The fourth-order valence-electron chi connectivity index (χ4n) is 2.45. The van der Waals surface area contributed by atoms with E-state index in [0.717, 1.165) is 28.8 Å². The molecule has 21 heavy (non-hydrogen) atoms. The minimum atomic E-state index is -0.532. The topological polar surface area (TPSA) is 57.6 Å². The molecule has 0 saturated carbocycles. The van der Waals surface area contributed by atoms with E-state index in [9.17, 15) is 5.11 Å².